The Hall–Kier alpha value is -2.37. The Balaban J connectivity index is 2.26. The van der Waals surface area contributed by atoms with E-state index < -0.39 is 11.9 Å². The van der Waals surface area contributed by atoms with E-state index in [0.29, 0.717) is 5.69 Å². The van der Waals surface area contributed by atoms with Gasteiger partial charge < -0.3 is 9.84 Å². The minimum Gasteiger partial charge on any atom is -0.497 e. The Morgan fingerprint density at radius 1 is 1.39 bits per heavy atom. The van der Waals surface area contributed by atoms with Crippen LogP contribution in [0.5, 0.6) is 5.75 Å². The van der Waals surface area contributed by atoms with E-state index in [1.165, 1.54) is 4.68 Å². The molecule has 6 nitrogen and oxygen atoms in total. The summed E-state index contributed by atoms with van der Waals surface area (Å²) >= 11 is 0. The van der Waals surface area contributed by atoms with Gasteiger partial charge in [-0.25, -0.2) is 4.68 Å². The van der Waals surface area contributed by atoms with E-state index >= 15 is 0 Å². The molecule has 1 heterocycles. The molecule has 0 spiro atoms. The van der Waals surface area contributed by atoms with Gasteiger partial charge in [-0.3, -0.25) is 4.79 Å². The number of benzene rings is 1. The number of rotatable bonds is 4. The highest BCUT2D eigenvalue weighted by atomic mass is 16.5. The number of carboxylic acids is 1. The number of nitrogens with zero attached hydrogens (tertiary/aromatic N) is 3. The predicted molar refractivity (Wildman–Crippen MR) is 64.0 cm³/mol. The molecule has 0 saturated heterocycles. The summed E-state index contributed by atoms with van der Waals surface area (Å²) in [6.07, 6.45) is 1.61. The molecule has 0 fully saturated rings. The standard InChI is InChI=1S/C12H13N3O3/c1-8(12(16)17)11-7-15(14-13-11)9-3-5-10(18-2)6-4-9/h3-8H,1-2H3,(H,16,17). The third kappa shape index (κ3) is 2.32. The maximum atomic E-state index is 10.8. The first-order valence-electron chi connectivity index (χ1n) is 5.41. The van der Waals surface area contributed by atoms with Crippen LogP contribution in [0.2, 0.25) is 0 Å². The molecule has 1 aromatic heterocycles. The van der Waals surface area contributed by atoms with Crippen molar-refractivity contribution >= 4 is 5.97 Å². The summed E-state index contributed by atoms with van der Waals surface area (Å²) in [4.78, 5) is 10.8. The fourth-order valence-electron chi connectivity index (χ4n) is 1.46. The van der Waals surface area contributed by atoms with Crippen LogP contribution in [-0.2, 0) is 4.79 Å². The zero-order valence-corrected chi connectivity index (χ0v) is 10.1. The van der Waals surface area contributed by atoms with Gasteiger partial charge in [0.05, 0.1) is 30.6 Å². The number of carboxylic acid groups (broad SMARTS) is 1. The summed E-state index contributed by atoms with van der Waals surface area (Å²) < 4.78 is 6.59. The second-order valence-corrected chi connectivity index (χ2v) is 3.85. The molecule has 0 radical (unpaired) electrons. The molecule has 0 amide bonds. The van der Waals surface area contributed by atoms with E-state index in [-0.39, 0.29) is 0 Å². The highest BCUT2D eigenvalue weighted by molar-refractivity contribution is 5.74. The lowest BCUT2D eigenvalue weighted by Gasteiger charge is -2.02. The van der Waals surface area contributed by atoms with Crippen molar-refractivity contribution in [1.29, 1.82) is 0 Å². The molecule has 18 heavy (non-hydrogen) atoms. The molecule has 0 aliphatic carbocycles. The number of hydrogen-bond donors (Lipinski definition) is 1. The molecule has 0 aliphatic heterocycles. The molecule has 2 aromatic rings. The maximum absolute atomic E-state index is 10.8. The van der Waals surface area contributed by atoms with Crippen molar-refractivity contribution in [3.63, 3.8) is 0 Å². The van der Waals surface area contributed by atoms with Crippen molar-refractivity contribution in [3.05, 3.63) is 36.2 Å². The maximum Gasteiger partial charge on any atom is 0.312 e. The largest absolute Gasteiger partial charge is 0.497 e. The van der Waals surface area contributed by atoms with Gasteiger partial charge in [0.25, 0.3) is 0 Å². The van der Waals surface area contributed by atoms with Gasteiger partial charge in [0.1, 0.15) is 5.75 Å². The first kappa shape index (κ1) is 12.1. The van der Waals surface area contributed by atoms with E-state index in [9.17, 15) is 4.79 Å². The van der Waals surface area contributed by atoms with Gasteiger partial charge in [-0.1, -0.05) is 5.21 Å². The molecule has 0 bridgehead atoms. The van der Waals surface area contributed by atoms with E-state index in [1.54, 1.807) is 32.4 Å². The number of methoxy groups -OCH3 is 1. The van der Waals surface area contributed by atoms with E-state index in [1.807, 2.05) is 12.1 Å². The Labute approximate surface area is 104 Å². The summed E-state index contributed by atoms with van der Waals surface area (Å²) in [6, 6.07) is 7.25. The topological polar surface area (TPSA) is 77.2 Å². The van der Waals surface area contributed by atoms with E-state index in [2.05, 4.69) is 10.3 Å². The van der Waals surface area contributed by atoms with Crippen LogP contribution < -0.4 is 4.74 Å². The van der Waals surface area contributed by atoms with Crippen LogP contribution >= 0.6 is 0 Å². The lowest BCUT2D eigenvalue weighted by Crippen LogP contribution is -2.07. The Kier molecular flexibility index (Phi) is 3.27. The molecule has 0 aliphatic rings. The smallest absolute Gasteiger partial charge is 0.312 e. The van der Waals surface area contributed by atoms with Crippen molar-refractivity contribution in [2.24, 2.45) is 0 Å². The minimum atomic E-state index is -0.920. The zero-order chi connectivity index (χ0) is 13.1. The number of carbonyl (C=O) groups is 1. The number of aliphatic carboxylic acids is 1. The number of hydrogen-bond acceptors (Lipinski definition) is 4. The molecule has 6 heteroatoms. The van der Waals surface area contributed by atoms with Crippen LogP contribution in [-0.4, -0.2) is 33.2 Å². The predicted octanol–water partition coefficient (Wildman–Crippen LogP) is 1.46. The van der Waals surface area contributed by atoms with Gasteiger partial charge in [0.15, 0.2) is 0 Å². The van der Waals surface area contributed by atoms with Crippen molar-refractivity contribution in [2.75, 3.05) is 7.11 Å². The molecule has 1 atom stereocenters. The van der Waals surface area contributed by atoms with Crippen molar-refractivity contribution in [3.8, 4) is 11.4 Å². The van der Waals surface area contributed by atoms with Gasteiger partial charge in [-0.05, 0) is 31.2 Å². The molecule has 94 valence electrons. The number of aromatic nitrogens is 3. The highest BCUT2D eigenvalue weighted by Gasteiger charge is 2.17. The Morgan fingerprint density at radius 2 is 2.06 bits per heavy atom. The van der Waals surface area contributed by atoms with Crippen molar-refractivity contribution in [1.82, 2.24) is 15.0 Å². The van der Waals surface area contributed by atoms with Gasteiger partial charge in [-0.15, -0.1) is 5.10 Å². The molecule has 1 aromatic carbocycles. The minimum absolute atomic E-state index is 0.429. The fourth-order valence-corrected chi connectivity index (χ4v) is 1.46. The lowest BCUT2D eigenvalue weighted by atomic mass is 10.1. The molecule has 2 rings (SSSR count). The van der Waals surface area contributed by atoms with Crippen molar-refractivity contribution in [2.45, 2.75) is 12.8 Å². The summed E-state index contributed by atoms with van der Waals surface area (Å²) in [5.41, 5.74) is 1.23. The Bertz CT molecular complexity index is 548. The lowest BCUT2D eigenvalue weighted by molar-refractivity contribution is -0.138. The van der Waals surface area contributed by atoms with Crippen molar-refractivity contribution < 1.29 is 14.6 Å². The highest BCUT2D eigenvalue weighted by Crippen LogP contribution is 2.16. The Morgan fingerprint density at radius 3 is 2.61 bits per heavy atom. The van der Waals surface area contributed by atoms with Gasteiger partial charge in [-0.2, -0.15) is 0 Å². The van der Waals surface area contributed by atoms with Crippen LogP contribution in [0.1, 0.15) is 18.5 Å². The van der Waals surface area contributed by atoms with Gasteiger partial charge in [0.2, 0.25) is 0 Å². The number of ether oxygens (including phenoxy) is 1. The molecule has 1 N–H and O–H groups in total. The fraction of sp³-hybridized carbons (Fsp3) is 0.250. The third-order valence-corrected chi connectivity index (χ3v) is 2.66. The van der Waals surface area contributed by atoms with Crippen LogP contribution in [0.3, 0.4) is 0 Å². The molecular formula is C12H13N3O3. The summed E-state index contributed by atoms with van der Waals surface area (Å²) in [5, 5.41) is 16.7. The van der Waals surface area contributed by atoms with Crippen LogP contribution in [0.4, 0.5) is 0 Å². The van der Waals surface area contributed by atoms with Gasteiger partial charge in [0, 0.05) is 0 Å². The average Bonchev–Trinajstić information content (AvgIpc) is 2.87. The average molecular weight is 247 g/mol. The first-order chi connectivity index (χ1) is 8.61. The van der Waals surface area contributed by atoms with Crippen LogP contribution in [0.15, 0.2) is 30.5 Å². The normalized spacial score (nSPS) is 12.1. The second-order valence-electron chi connectivity index (χ2n) is 3.85. The molecule has 1 unspecified atom stereocenters. The second kappa shape index (κ2) is 4.87. The summed E-state index contributed by atoms with van der Waals surface area (Å²) in [7, 11) is 1.59. The van der Waals surface area contributed by atoms with E-state index in [4.69, 9.17) is 9.84 Å². The summed E-state index contributed by atoms with van der Waals surface area (Å²) in [6.45, 7) is 1.57. The van der Waals surface area contributed by atoms with Gasteiger partial charge >= 0.3 is 5.97 Å². The molecular weight excluding hydrogens is 234 g/mol. The first-order valence-corrected chi connectivity index (χ1v) is 5.41. The summed E-state index contributed by atoms with van der Waals surface area (Å²) in [5.74, 6) is -0.841. The van der Waals surface area contributed by atoms with Crippen LogP contribution in [0.25, 0.3) is 5.69 Å². The molecule has 0 saturated carbocycles. The zero-order valence-electron chi connectivity index (χ0n) is 10.1. The third-order valence-electron chi connectivity index (χ3n) is 2.66. The van der Waals surface area contributed by atoms with Crippen LogP contribution in [0, 0.1) is 0 Å². The van der Waals surface area contributed by atoms with E-state index in [0.717, 1.165) is 11.4 Å². The quantitative estimate of drug-likeness (QED) is 0.885. The SMILES string of the molecule is COc1ccc(-n2cc(C(C)C(=O)O)nn2)cc1. The monoisotopic (exact) mass is 247 g/mol.